The van der Waals surface area contributed by atoms with Crippen LogP contribution in [-0.2, 0) is 16.1 Å². The van der Waals surface area contributed by atoms with E-state index in [2.05, 4.69) is 5.32 Å². The molecule has 6 heteroatoms. The van der Waals surface area contributed by atoms with Gasteiger partial charge in [0, 0.05) is 17.5 Å². The van der Waals surface area contributed by atoms with E-state index in [-0.39, 0.29) is 30.8 Å². The monoisotopic (exact) mass is 436 g/mol. The molecule has 0 aliphatic heterocycles. The van der Waals surface area contributed by atoms with Crippen LogP contribution in [0.4, 0.5) is 4.39 Å². The van der Waals surface area contributed by atoms with Crippen LogP contribution >= 0.6 is 0 Å². The van der Waals surface area contributed by atoms with Crippen LogP contribution in [-0.4, -0.2) is 34.9 Å². The quantitative estimate of drug-likeness (QED) is 0.585. The summed E-state index contributed by atoms with van der Waals surface area (Å²) in [5, 5.41) is 4.83. The molecule has 3 aromatic carbocycles. The number of hydrogen-bond acceptors (Lipinski definition) is 3. The van der Waals surface area contributed by atoms with Gasteiger partial charge in [-0.3, -0.25) is 9.59 Å². The van der Waals surface area contributed by atoms with Crippen LogP contribution in [0.25, 0.3) is 10.8 Å². The van der Waals surface area contributed by atoms with E-state index in [1.54, 1.807) is 19.1 Å². The zero-order valence-corrected chi connectivity index (χ0v) is 18.9. The molecule has 1 N–H and O–H groups in total. The van der Waals surface area contributed by atoms with Gasteiger partial charge in [-0.05, 0) is 56.8 Å². The van der Waals surface area contributed by atoms with Crippen LogP contribution in [0, 0.1) is 5.82 Å². The molecule has 0 aromatic heterocycles. The van der Waals surface area contributed by atoms with Gasteiger partial charge in [0.1, 0.15) is 17.6 Å². The number of fused-ring (bicyclic) bond motifs is 1. The van der Waals surface area contributed by atoms with Gasteiger partial charge in [0.2, 0.25) is 5.91 Å². The number of nitrogens with one attached hydrogen (secondary N) is 1. The molecule has 5 nitrogen and oxygen atoms in total. The highest BCUT2D eigenvalue weighted by atomic mass is 19.1. The molecule has 1 unspecified atom stereocenters. The fraction of sp³-hybridized carbons (Fsp3) is 0.308. The third kappa shape index (κ3) is 6.06. The summed E-state index contributed by atoms with van der Waals surface area (Å²) in [5.74, 6) is -0.355. The van der Waals surface area contributed by atoms with E-state index in [1.165, 1.54) is 17.0 Å². The van der Waals surface area contributed by atoms with Crippen molar-refractivity contribution in [3.8, 4) is 5.75 Å². The zero-order chi connectivity index (χ0) is 23.3. The van der Waals surface area contributed by atoms with Crippen molar-refractivity contribution in [3.05, 3.63) is 78.1 Å². The van der Waals surface area contributed by atoms with E-state index in [9.17, 15) is 14.0 Å². The lowest BCUT2D eigenvalue weighted by atomic mass is 10.1. The maximum atomic E-state index is 13.3. The molecular formula is C26H29FN2O3. The second-order valence-electron chi connectivity index (χ2n) is 8.83. The Hall–Kier alpha value is -3.41. The first-order valence-corrected chi connectivity index (χ1v) is 10.6. The molecule has 0 aliphatic carbocycles. The van der Waals surface area contributed by atoms with Crippen LogP contribution in [0.5, 0.6) is 5.75 Å². The highest BCUT2D eigenvalue weighted by Gasteiger charge is 2.28. The molecule has 168 valence electrons. The third-order valence-electron chi connectivity index (χ3n) is 5.03. The van der Waals surface area contributed by atoms with Crippen molar-refractivity contribution in [3.63, 3.8) is 0 Å². The molecule has 0 fully saturated rings. The second-order valence-corrected chi connectivity index (χ2v) is 8.83. The number of hydrogen-bond donors (Lipinski definition) is 1. The van der Waals surface area contributed by atoms with Crippen molar-refractivity contribution in [2.45, 2.75) is 45.8 Å². The number of rotatable bonds is 7. The molecule has 3 rings (SSSR count). The van der Waals surface area contributed by atoms with Crippen LogP contribution in [0.1, 0.15) is 33.3 Å². The standard InChI is InChI=1S/C26H29FN2O3/c1-18(25(31)28-26(2,3)4)29(16-19-12-14-21(27)15-13-19)24(30)17-32-23-11-7-9-20-8-5-6-10-22(20)23/h5-15,18H,16-17H2,1-4H3,(H,28,31). The van der Waals surface area contributed by atoms with E-state index < -0.39 is 11.6 Å². The lowest BCUT2D eigenvalue weighted by molar-refractivity contribution is -0.142. The Morgan fingerprint density at radius 2 is 1.66 bits per heavy atom. The number of halogens is 1. The maximum absolute atomic E-state index is 13.3. The Balaban J connectivity index is 1.80. The Morgan fingerprint density at radius 3 is 2.34 bits per heavy atom. The van der Waals surface area contributed by atoms with Crippen molar-refractivity contribution in [2.75, 3.05) is 6.61 Å². The first kappa shape index (κ1) is 23.3. The predicted molar refractivity (Wildman–Crippen MR) is 124 cm³/mol. The molecule has 0 radical (unpaired) electrons. The second kappa shape index (κ2) is 9.81. The van der Waals surface area contributed by atoms with Gasteiger partial charge in [0.25, 0.3) is 5.91 Å². The first-order valence-electron chi connectivity index (χ1n) is 10.6. The molecule has 0 spiro atoms. The van der Waals surface area contributed by atoms with Crippen molar-refractivity contribution >= 4 is 22.6 Å². The molecular weight excluding hydrogens is 407 g/mol. The summed E-state index contributed by atoms with van der Waals surface area (Å²) >= 11 is 0. The maximum Gasteiger partial charge on any atom is 0.261 e. The Bertz CT molecular complexity index is 1080. The van der Waals surface area contributed by atoms with Gasteiger partial charge >= 0.3 is 0 Å². The van der Waals surface area contributed by atoms with Gasteiger partial charge in [-0.15, -0.1) is 0 Å². The lowest BCUT2D eigenvalue weighted by Crippen LogP contribution is -2.53. The molecule has 32 heavy (non-hydrogen) atoms. The van der Waals surface area contributed by atoms with Crippen LogP contribution in [0.15, 0.2) is 66.7 Å². The van der Waals surface area contributed by atoms with Gasteiger partial charge in [-0.25, -0.2) is 4.39 Å². The molecule has 0 bridgehead atoms. The zero-order valence-electron chi connectivity index (χ0n) is 18.9. The van der Waals surface area contributed by atoms with Crippen molar-refractivity contribution in [1.82, 2.24) is 10.2 Å². The molecule has 0 saturated heterocycles. The number of nitrogens with zero attached hydrogens (tertiary/aromatic N) is 1. The minimum atomic E-state index is -0.733. The first-order chi connectivity index (χ1) is 15.1. The van der Waals surface area contributed by atoms with Gasteiger partial charge in [0.15, 0.2) is 6.61 Å². The van der Waals surface area contributed by atoms with Crippen LogP contribution in [0.3, 0.4) is 0 Å². The van der Waals surface area contributed by atoms with Crippen LogP contribution in [0.2, 0.25) is 0 Å². The van der Waals surface area contributed by atoms with E-state index in [0.717, 1.165) is 16.3 Å². The summed E-state index contributed by atoms with van der Waals surface area (Å²) in [7, 11) is 0. The topological polar surface area (TPSA) is 58.6 Å². The average Bonchev–Trinajstić information content (AvgIpc) is 2.75. The fourth-order valence-corrected chi connectivity index (χ4v) is 3.39. The number of carbonyl (C=O) groups excluding carboxylic acids is 2. The number of carbonyl (C=O) groups is 2. The summed E-state index contributed by atoms with van der Waals surface area (Å²) in [6, 6.07) is 18.6. The highest BCUT2D eigenvalue weighted by Crippen LogP contribution is 2.25. The Morgan fingerprint density at radius 1 is 1.00 bits per heavy atom. The summed E-state index contributed by atoms with van der Waals surface area (Å²) < 4.78 is 19.2. The van der Waals surface area contributed by atoms with Gasteiger partial charge < -0.3 is 15.0 Å². The molecule has 0 aliphatic rings. The molecule has 1 atom stereocenters. The summed E-state index contributed by atoms with van der Waals surface area (Å²) in [4.78, 5) is 27.4. The normalized spacial score (nSPS) is 12.3. The fourth-order valence-electron chi connectivity index (χ4n) is 3.39. The number of benzene rings is 3. The molecule has 0 saturated carbocycles. The molecule has 2 amide bonds. The van der Waals surface area contributed by atoms with E-state index in [0.29, 0.717) is 5.75 Å². The van der Waals surface area contributed by atoms with E-state index >= 15 is 0 Å². The summed E-state index contributed by atoms with van der Waals surface area (Å²) in [5.41, 5.74) is 0.287. The predicted octanol–water partition coefficient (Wildman–Crippen LogP) is 4.69. The van der Waals surface area contributed by atoms with Gasteiger partial charge in [-0.1, -0.05) is 48.5 Å². The van der Waals surface area contributed by atoms with Gasteiger partial charge in [0.05, 0.1) is 0 Å². The largest absolute Gasteiger partial charge is 0.483 e. The van der Waals surface area contributed by atoms with Gasteiger partial charge in [-0.2, -0.15) is 0 Å². The lowest BCUT2D eigenvalue weighted by Gasteiger charge is -2.31. The minimum absolute atomic E-state index is 0.163. The van der Waals surface area contributed by atoms with Crippen molar-refractivity contribution in [2.24, 2.45) is 0 Å². The Labute approximate surface area is 188 Å². The minimum Gasteiger partial charge on any atom is -0.483 e. The van der Waals surface area contributed by atoms with Crippen LogP contribution < -0.4 is 10.1 Å². The number of amides is 2. The smallest absolute Gasteiger partial charge is 0.261 e. The number of ether oxygens (including phenoxy) is 1. The van der Waals surface area contributed by atoms with Crippen molar-refractivity contribution in [1.29, 1.82) is 0 Å². The third-order valence-corrected chi connectivity index (χ3v) is 5.03. The summed E-state index contributed by atoms with van der Waals surface area (Å²) in [6.45, 7) is 7.27. The van der Waals surface area contributed by atoms with E-state index in [1.807, 2.05) is 63.2 Å². The average molecular weight is 437 g/mol. The Kier molecular flexibility index (Phi) is 7.13. The molecule has 3 aromatic rings. The summed E-state index contributed by atoms with van der Waals surface area (Å²) in [6.07, 6.45) is 0. The molecule has 0 heterocycles. The van der Waals surface area contributed by atoms with Crippen molar-refractivity contribution < 1.29 is 18.7 Å². The SMILES string of the molecule is CC(C(=O)NC(C)(C)C)N(Cc1ccc(F)cc1)C(=O)COc1cccc2ccccc12. The highest BCUT2D eigenvalue weighted by molar-refractivity contribution is 5.90. The van der Waals surface area contributed by atoms with E-state index in [4.69, 9.17) is 4.74 Å².